The molecule has 0 aliphatic heterocycles. The maximum atomic E-state index is 14.0. The second-order valence-electron chi connectivity index (χ2n) is 3.05. The fraction of sp³-hybridized carbons (Fsp3) is 0. The predicted molar refractivity (Wildman–Crippen MR) is 59.0 cm³/mol. The van der Waals surface area contributed by atoms with Crippen molar-refractivity contribution in [2.45, 2.75) is 0 Å². The lowest BCUT2D eigenvalue weighted by atomic mass is 10.4. The molecule has 0 N–H and O–H groups in total. The first kappa shape index (κ1) is 9.15. The van der Waals surface area contributed by atoms with Gasteiger partial charge >= 0.3 is 9.13 Å². The van der Waals surface area contributed by atoms with E-state index < -0.39 is 9.13 Å². The highest BCUT2D eigenvalue weighted by atomic mass is 28.3. The molecule has 0 saturated heterocycles. The summed E-state index contributed by atoms with van der Waals surface area (Å²) in [5, 5.41) is 1.62. The normalized spacial score (nSPS) is 10.4. The molecule has 0 heterocycles. The van der Waals surface area contributed by atoms with Crippen LogP contribution >= 0.6 is 0 Å². The van der Waals surface area contributed by atoms with E-state index in [1.165, 1.54) is 0 Å². The molecule has 2 rings (SSSR count). The SMILES string of the molecule is F[Si](c1ccccc1)c1ccccc1. The Bertz CT molecular complexity index is 346. The van der Waals surface area contributed by atoms with Crippen molar-refractivity contribution in [1.29, 1.82) is 0 Å². The van der Waals surface area contributed by atoms with Crippen LogP contribution in [0.3, 0.4) is 0 Å². The topological polar surface area (TPSA) is 0 Å². The Morgan fingerprint density at radius 3 is 1.36 bits per heavy atom. The van der Waals surface area contributed by atoms with Gasteiger partial charge in [-0.1, -0.05) is 60.7 Å². The average Bonchev–Trinajstić information content (AvgIpc) is 2.30. The van der Waals surface area contributed by atoms with Crippen molar-refractivity contribution in [1.82, 2.24) is 0 Å². The Morgan fingerprint density at radius 2 is 1.00 bits per heavy atom. The van der Waals surface area contributed by atoms with Gasteiger partial charge in [0.15, 0.2) is 0 Å². The van der Waals surface area contributed by atoms with Crippen LogP contribution in [0.1, 0.15) is 0 Å². The first-order chi connectivity index (χ1) is 6.88. The van der Waals surface area contributed by atoms with Crippen LogP contribution in [0.15, 0.2) is 60.7 Å². The number of halogens is 1. The molecule has 14 heavy (non-hydrogen) atoms. The summed E-state index contributed by atoms with van der Waals surface area (Å²) in [7, 11) is -2.04. The summed E-state index contributed by atoms with van der Waals surface area (Å²) in [6.07, 6.45) is 0. The summed E-state index contributed by atoms with van der Waals surface area (Å²) in [4.78, 5) is 0. The van der Waals surface area contributed by atoms with E-state index in [9.17, 15) is 4.11 Å². The van der Waals surface area contributed by atoms with E-state index in [0.29, 0.717) is 0 Å². The first-order valence-electron chi connectivity index (χ1n) is 4.51. The van der Waals surface area contributed by atoms with Gasteiger partial charge in [0, 0.05) is 0 Å². The summed E-state index contributed by atoms with van der Waals surface area (Å²) in [6.45, 7) is 0. The summed E-state index contributed by atoms with van der Waals surface area (Å²) in [5.74, 6) is 0. The first-order valence-corrected chi connectivity index (χ1v) is 5.89. The highest BCUT2D eigenvalue weighted by Gasteiger charge is 2.15. The largest absolute Gasteiger partial charge is 0.340 e. The molecule has 2 aromatic rings. The van der Waals surface area contributed by atoms with E-state index in [-0.39, 0.29) is 0 Å². The minimum absolute atomic E-state index is 0.809. The van der Waals surface area contributed by atoms with E-state index in [0.717, 1.165) is 10.4 Å². The molecule has 0 spiro atoms. The van der Waals surface area contributed by atoms with Crippen LogP contribution in [0.5, 0.6) is 0 Å². The van der Waals surface area contributed by atoms with E-state index in [1.54, 1.807) is 0 Å². The van der Waals surface area contributed by atoms with Crippen molar-refractivity contribution in [3.05, 3.63) is 60.7 Å². The molecule has 0 amide bonds. The van der Waals surface area contributed by atoms with Crippen LogP contribution < -0.4 is 10.4 Å². The molecule has 0 aliphatic rings. The van der Waals surface area contributed by atoms with Crippen molar-refractivity contribution < 1.29 is 4.11 Å². The molecule has 0 nitrogen and oxygen atoms in total. The van der Waals surface area contributed by atoms with Crippen molar-refractivity contribution in [3.63, 3.8) is 0 Å². The van der Waals surface area contributed by atoms with E-state index in [2.05, 4.69) is 0 Å². The maximum absolute atomic E-state index is 14.0. The molecule has 0 atom stereocenters. The van der Waals surface area contributed by atoms with Crippen LogP contribution in [0, 0.1) is 0 Å². The van der Waals surface area contributed by atoms with Crippen LogP contribution in [-0.2, 0) is 0 Å². The molecule has 2 heteroatoms. The lowest BCUT2D eigenvalue weighted by molar-refractivity contribution is 0.865. The third-order valence-electron chi connectivity index (χ3n) is 2.05. The van der Waals surface area contributed by atoms with Gasteiger partial charge in [0.25, 0.3) is 0 Å². The Labute approximate surface area is 84.8 Å². The van der Waals surface area contributed by atoms with Gasteiger partial charge in [0.1, 0.15) is 0 Å². The third-order valence-corrected chi connectivity index (χ3v) is 3.73. The van der Waals surface area contributed by atoms with E-state index in [1.807, 2.05) is 60.7 Å². The molecular formula is C12H10FSi. The second-order valence-corrected chi connectivity index (χ2v) is 4.83. The monoisotopic (exact) mass is 201 g/mol. The van der Waals surface area contributed by atoms with Crippen LogP contribution in [0.25, 0.3) is 0 Å². The van der Waals surface area contributed by atoms with Gasteiger partial charge in [-0.2, -0.15) is 0 Å². The summed E-state index contributed by atoms with van der Waals surface area (Å²) in [5.41, 5.74) is 0. The molecule has 69 valence electrons. The van der Waals surface area contributed by atoms with Gasteiger partial charge in [-0.25, -0.2) is 0 Å². The molecule has 0 aliphatic carbocycles. The van der Waals surface area contributed by atoms with Gasteiger partial charge in [-0.15, -0.1) is 0 Å². The smallest absolute Gasteiger partial charge is 0.302 e. The molecule has 0 unspecified atom stereocenters. The lowest BCUT2D eigenvalue weighted by Crippen LogP contribution is -2.37. The highest BCUT2D eigenvalue weighted by molar-refractivity contribution is 6.79. The summed E-state index contributed by atoms with van der Waals surface area (Å²) in [6, 6.07) is 18.7. The van der Waals surface area contributed by atoms with Crippen LogP contribution in [0.4, 0.5) is 4.11 Å². The molecular weight excluding hydrogens is 191 g/mol. The molecule has 0 fully saturated rings. The van der Waals surface area contributed by atoms with Gasteiger partial charge in [-0.3, -0.25) is 0 Å². The zero-order chi connectivity index (χ0) is 9.80. The Balaban J connectivity index is 2.30. The van der Waals surface area contributed by atoms with Crippen molar-refractivity contribution in [2.24, 2.45) is 0 Å². The number of rotatable bonds is 2. The molecule has 1 radical (unpaired) electrons. The van der Waals surface area contributed by atoms with Gasteiger partial charge in [0.2, 0.25) is 0 Å². The average molecular weight is 201 g/mol. The van der Waals surface area contributed by atoms with E-state index in [4.69, 9.17) is 0 Å². The fourth-order valence-electron chi connectivity index (χ4n) is 1.34. The van der Waals surface area contributed by atoms with Gasteiger partial charge < -0.3 is 4.11 Å². The second kappa shape index (κ2) is 4.20. The standard InChI is InChI=1S/C12H10FSi/c13-14(11-7-3-1-4-8-11)12-9-5-2-6-10-12/h1-10H. The quantitative estimate of drug-likeness (QED) is 0.513. The number of hydrogen-bond acceptors (Lipinski definition) is 0. The minimum Gasteiger partial charge on any atom is -0.302 e. The minimum atomic E-state index is -2.04. The highest BCUT2D eigenvalue weighted by Crippen LogP contribution is 1.92. The maximum Gasteiger partial charge on any atom is 0.340 e. The Hall–Kier alpha value is -1.41. The zero-order valence-corrected chi connectivity index (χ0v) is 8.65. The summed E-state index contributed by atoms with van der Waals surface area (Å²) >= 11 is 0. The van der Waals surface area contributed by atoms with E-state index >= 15 is 0 Å². The zero-order valence-electron chi connectivity index (χ0n) is 7.65. The predicted octanol–water partition coefficient (Wildman–Crippen LogP) is 1.76. The van der Waals surface area contributed by atoms with Crippen LogP contribution in [0.2, 0.25) is 0 Å². The van der Waals surface area contributed by atoms with Gasteiger partial charge in [0.05, 0.1) is 0 Å². The molecule has 2 aromatic carbocycles. The van der Waals surface area contributed by atoms with Crippen molar-refractivity contribution >= 4 is 19.5 Å². The van der Waals surface area contributed by atoms with Crippen molar-refractivity contribution in [2.75, 3.05) is 0 Å². The Kier molecular flexibility index (Phi) is 2.75. The molecule has 0 saturated carbocycles. The lowest BCUT2D eigenvalue weighted by Gasteiger charge is -2.04. The van der Waals surface area contributed by atoms with Crippen LogP contribution in [-0.4, -0.2) is 9.13 Å². The third kappa shape index (κ3) is 1.91. The number of hydrogen-bond donors (Lipinski definition) is 0. The van der Waals surface area contributed by atoms with Gasteiger partial charge in [-0.05, 0) is 10.4 Å². The fourth-order valence-corrected chi connectivity index (χ4v) is 2.64. The molecule has 0 aromatic heterocycles. The Morgan fingerprint density at radius 1 is 0.643 bits per heavy atom. The van der Waals surface area contributed by atoms with Crippen molar-refractivity contribution in [3.8, 4) is 0 Å². The summed E-state index contributed by atoms with van der Waals surface area (Å²) < 4.78 is 14.0. The molecule has 0 bridgehead atoms. The number of benzene rings is 2.